The molecule has 1 saturated heterocycles. The van der Waals surface area contributed by atoms with Crippen LogP contribution in [0.25, 0.3) is 0 Å². The van der Waals surface area contributed by atoms with Crippen LogP contribution in [-0.2, 0) is 9.59 Å². The number of hydrazine groups is 1. The van der Waals surface area contributed by atoms with Crippen molar-refractivity contribution in [2.45, 2.75) is 6.42 Å². The standard InChI is InChI=1S/C18H14BrF2N3O3/c19-11-4-6-12(7-5-11)24-9-10(8-15(24)25)17(26)22-23-18(27)16-13(20)2-1-3-14(16)21/h1-7,10H,8-9H2,(H,22,26)(H,23,27)/t10-/m1/s1. The summed E-state index contributed by atoms with van der Waals surface area (Å²) in [4.78, 5) is 37.8. The lowest BCUT2D eigenvalue weighted by molar-refractivity contribution is -0.126. The Morgan fingerprint density at radius 2 is 1.67 bits per heavy atom. The first-order valence-corrected chi connectivity index (χ1v) is 8.76. The second kappa shape index (κ2) is 7.83. The number of hydrogen-bond acceptors (Lipinski definition) is 3. The van der Waals surface area contributed by atoms with E-state index in [9.17, 15) is 23.2 Å². The van der Waals surface area contributed by atoms with Gasteiger partial charge in [0.05, 0.1) is 5.92 Å². The van der Waals surface area contributed by atoms with E-state index < -0.39 is 34.9 Å². The molecule has 3 rings (SSSR count). The highest BCUT2D eigenvalue weighted by atomic mass is 79.9. The maximum Gasteiger partial charge on any atom is 0.275 e. The van der Waals surface area contributed by atoms with Crippen LogP contribution in [-0.4, -0.2) is 24.3 Å². The van der Waals surface area contributed by atoms with Gasteiger partial charge in [0.1, 0.15) is 17.2 Å². The molecule has 1 fully saturated rings. The Hall–Kier alpha value is -2.81. The lowest BCUT2D eigenvalue weighted by atomic mass is 10.1. The smallest absolute Gasteiger partial charge is 0.275 e. The largest absolute Gasteiger partial charge is 0.312 e. The van der Waals surface area contributed by atoms with E-state index in [4.69, 9.17) is 0 Å². The van der Waals surface area contributed by atoms with E-state index in [0.717, 1.165) is 22.7 Å². The molecular weight excluding hydrogens is 424 g/mol. The van der Waals surface area contributed by atoms with Crippen LogP contribution in [0, 0.1) is 17.6 Å². The highest BCUT2D eigenvalue weighted by molar-refractivity contribution is 9.10. The van der Waals surface area contributed by atoms with Crippen molar-refractivity contribution in [3.05, 3.63) is 64.1 Å². The molecule has 1 heterocycles. The van der Waals surface area contributed by atoms with E-state index in [0.29, 0.717) is 5.69 Å². The summed E-state index contributed by atoms with van der Waals surface area (Å²) < 4.78 is 28.0. The number of nitrogens with one attached hydrogen (secondary N) is 2. The molecule has 27 heavy (non-hydrogen) atoms. The number of carbonyl (C=O) groups excluding carboxylic acids is 3. The molecule has 140 valence electrons. The zero-order valence-electron chi connectivity index (χ0n) is 13.8. The Morgan fingerprint density at radius 1 is 1.04 bits per heavy atom. The minimum absolute atomic E-state index is 0.0359. The van der Waals surface area contributed by atoms with Crippen molar-refractivity contribution in [2.24, 2.45) is 5.92 Å². The molecule has 0 unspecified atom stereocenters. The van der Waals surface area contributed by atoms with Crippen LogP contribution in [0.1, 0.15) is 16.8 Å². The Morgan fingerprint density at radius 3 is 2.30 bits per heavy atom. The second-order valence-electron chi connectivity index (χ2n) is 5.92. The van der Waals surface area contributed by atoms with E-state index in [1.165, 1.54) is 4.90 Å². The van der Waals surface area contributed by atoms with Crippen LogP contribution in [0.15, 0.2) is 46.9 Å². The Balaban J connectivity index is 1.61. The molecule has 2 aromatic rings. The van der Waals surface area contributed by atoms with Crippen molar-refractivity contribution in [1.82, 2.24) is 10.9 Å². The Labute approximate surface area is 161 Å². The third-order valence-corrected chi connectivity index (χ3v) is 4.65. The maximum absolute atomic E-state index is 13.6. The molecule has 9 heteroatoms. The molecule has 2 aromatic carbocycles. The SMILES string of the molecule is O=C(NNC(=O)[C@@H]1CC(=O)N(c2ccc(Br)cc2)C1)c1c(F)cccc1F. The molecule has 0 spiro atoms. The molecule has 0 saturated carbocycles. The normalized spacial score (nSPS) is 16.3. The van der Waals surface area contributed by atoms with Gasteiger partial charge in [-0.25, -0.2) is 8.78 Å². The summed E-state index contributed by atoms with van der Waals surface area (Å²) in [6.07, 6.45) is -0.0359. The number of anilines is 1. The minimum atomic E-state index is -1.12. The van der Waals surface area contributed by atoms with Crippen LogP contribution >= 0.6 is 15.9 Å². The quantitative estimate of drug-likeness (QED) is 0.724. The number of rotatable bonds is 3. The monoisotopic (exact) mass is 437 g/mol. The van der Waals surface area contributed by atoms with Crippen molar-refractivity contribution >= 4 is 39.3 Å². The number of halogens is 3. The summed E-state index contributed by atoms with van der Waals surface area (Å²) in [6, 6.07) is 10.0. The van der Waals surface area contributed by atoms with Gasteiger partial charge in [-0.1, -0.05) is 22.0 Å². The van der Waals surface area contributed by atoms with Gasteiger partial charge in [-0.3, -0.25) is 25.2 Å². The zero-order valence-corrected chi connectivity index (χ0v) is 15.4. The maximum atomic E-state index is 13.6. The van der Waals surface area contributed by atoms with Crippen LogP contribution in [0.3, 0.4) is 0 Å². The molecule has 1 atom stereocenters. The van der Waals surface area contributed by atoms with Crippen molar-refractivity contribution in [1.29, 1.82) is 0 Å². The second-order valence-corrected chi connectivity index (χ2v) is 6.84. The van der Waals surface area contributed by atoms with Gasteiger partial charge in [-0.05, 0) is 36.4 Å². The van der Waals surface area contributed by atoms with E-state index in [2.05, 4.69) is 21.4 Å². The fourth-order valence-corrected chi connectivity index (χ4v) is 3.02. The molecule has 0 bridgehead atoms. The van der Waals surface area contributed by atoms with Crippen molar-refractivity contribution in [3.63, 3.8) is 0 Å². The Bertz CT molecular complexity index is 885. The lowest BCUT2D eigenvalue weighted by Crippen LogP contribution is -2.45. The molecule has 0 aromatic heterocycles. The fourth-order valence-electron chi connectivity index (χ4n) is 2.75. The lowest BCUT2D eigenvalue weighted by Gasteiger charge is -2.17. The van der Waals surface area contributed by atoms with Gasteiger partial charge < -0.3 is 4.90 Å². The van der Waals surface area contributed by atoms with Crippen LogP contribution < -0.4 is 15.8 Å². The summed E-state index contributed by atoms with van der Waals surface area (Å²) in [5.74, 6) is -4.75. The molecule has 1 aliphatic rings. The third kappa shape index (κ3) is 4.13. The first-order chi connectivity index (χ1) is 12.9. The zero-order chi connectivity index (χ0) is 19.6. The average Bonchev–Trinajstić information content (AvgIpc) is 3.02. The number of hydrogen-bond donors (Lipinski definition) is 2. The average molecular weight is 438 g/mol. The molecule has 3 amide bonds. The first-order valence-electron chi connectivity index (χ1n) is 7.97. The van der Waals surface area contributed by atoms with Gasteiger partial charge in [0.15, 0.2) is 0 Å². The van der Waals surface area contributed by atoms with Gasteiger partial charge >= 0.3 is 0 Å². The summed E-state index contributed by atoms with van der Waals surface area (Å²) in [7, 11) is 0. The Kier molecular flexibility index (Phi) is 5.50. The van der Waals surface area contributed by atoms with Crippen LogP contribution in [0.2, 0.25) is 0 Å². The topological polar surface area (TPSA) is 78.5 Å². The number of nitrogens with zero attached hydrogens (tertiary/aromatic N) is 1. The van der Waals surface area contributed by atoms with Crippen LogP contribution in [0.4, 0.5) is 14.5 Å². The van der Waals surface area contributed by atoms with E-state index in [1.807, 2.05) is 5.43 Å². The predicted molar refractivity (Wildman–Crippen MR) is 96.6 cm³/mol. The number of benzene rings is 2. The molecule has 1 aliphatic heterocycles. The molecule has 0 aliphatic carbocycles. The van der Waals surface area contributed by atoms with E-state index in [-0.39, 0.29) is 18.9 Å². The van der Waals surface area contributed by atoms with Gasteiger partial charge in [0.2, 0.25) is 11.8 Å². The highest BCUT2D eigenvalue weighted by Gasteiger charge is 2.35. The van der Waals surface area contributed by atoms with Gasteiger partial charge in [-0.15, -0.1) is 0 Å². The fraction of sp³-hybridized carbons (Fsp3) is 0.167. The van der Waals surface area contributed by atoms with Gasteiger partial charge in [0, 0.05) is 23.1 Å². The summed E-state index contributed by atoms with van der Waals surface area (Å²) in [5.41, 5.74) is 3.95. The summed E-state index contributed by atoms with van der Waals surface area (Å²) >= 11 is 3.31. The van der Waals surface area contributed by atoms with Crippen molar-refractivity contribution < 1.29 is 23.2 Å². The van der Waals surface area contributed by atoms with Crippen LogP contribution in [0.5, 0.6) is 0 Å². The minimum Gasteiger partial charge on any atom is -0.312 e. The van der Waals surface area contributed by atoms with E-state index >= 15 is 0 Å². The summed E-state index contributed by atoms with van der Waals surface area (Å²) in [6.45, 7) is 0.135. The number of amides is 3. The number of carbonyl (C=O) groups is 3. The van der Waals surface area contributed by atoms with Crippen molar-refractivity contribution in [2.75, 3.05) is 11.4 Å². The van der Waals surface area contributed by atoms with Gasteiger partial charge in [-0.2, -0.15) is 0 Å². The highest BCUT2D eigenvalue weighted by Crippen LogP contribution is 2.26. The molecular formula is C18H14BrF2N3O3. The van der Waals surface area contributed by atoms with Gasteiger partial charge in [0.25, 0.3) is 5.91 Å². The molecule has 6 nitrogen and oxygen atoms in total. The summed E-state index contributed by atoms with van der Waals surface area (Å²) in [5, 5.41) is 0. The van der Waals surface area contributed by atoms with Crippen molar-refractivity contribution in [3.8, 4) is 0 Å². The predicted octanol–water partition coefficient (Wildman–Crippen LogP) is 2.54. The molecule has 0 radical (unpaired) electrons. The third-order valence-electron chi connectivity index (χ3n) is 4.12. The van der Waals surface area contributed by atoms with E-state index in [1.54, 1.807) is 24.3 Å². The molecule has 2 N–H and O–H groups in total. The first kappa shape index (κ1) is 19.0.